The van der Waals surface area contributed by atoms with Crippen molar-refractivity contribution in [2.75, 3.05) is 17.7 Å². The lowest BCUT2D eigenvalue weighted by Crippen LogP contribution is -2.28. The van der Waals surface area contributed by atoms with Crippen molar-refractivity contribution in [3.05, 3.63) is 23.8 Å². The molecule has 1 aliphatic heterocycles. The number of nitrogens with two attached hydrogens (primary N) is 1. The molecule has 1 heterocycles. The van der Waals surface area contributed by atoms with E-state index in [9.17, 15) is 4.79 Å². The maximum atomic E-state index is 12.0. The third-order valence-corrected chi connectivity index (χ3v) is 3.18. The zero-order valence-electron chi connectivity index (χ0n) is 10.2. The molecule has 4 heteroatoms. The molecule has 1 saturated heterocycles. The maximum absolute atomic E-state index is 12.0. The van der Waals surface area contributed by atoms with Crippen molar-refractivity contribution < 1.29 is 9.53 Å². The summed E-state index contributed by atoms with van der Waals surface area (Å²) in [7, 11) is 0. The fourth-order valence-electron chi connectivity index (χ4n) is 2.10. The van der Waals surface area contributed by atoms with Crippen molar-refractivity contribution in [3.63, 3.8) is 0 Å². The van der Waals surface area contributed by atoms with Gasteiger partial charge in [-0.15, -0.1) is 0 Å². The molecule has 0 aromatic heterocycles. The summed E-state index contributed by atoms with van der Waals surface area (Å²) in [6.45, 7) is 4.55. The minimum absolute atomic E-state index is 0.00875. The number of carbonyl (C=O) groups is 1. The summed E-state index contributed by atoms with van der Waals surface area (Å²) in [5.74, 6) is -0.0822. The van der Waals surface area contributed by atoms with Crippen LogP contribution in [0, 0.1) is 12.8 Å². The Morgan fingerprint density at radius 1 is 1.53 bits per heavy atom. The first-order valence-corrected chi connectivity index (χ1v) is 5.86. The van der Waals surface area contributed by atoms with Gasteiger partial charge in [0.1, 0.15) is 0 Å². The average molecular weight is 234 g/mol. The van der Waals surface area contributed by atoms with E-state index < -0.39 is 0 Å². The van der Waals surface area contributed by atoms with Crippen molar-refractivity contribution in [2.45, 2.75) is 26.4 Å². The van der Waals surface area contributed by atoms with E-state index in [0.29, 0.717) is 18.0 Å². The van der Waals surface area contributed by atoms with Crippen LogP contribution in [0.3, 0.4) is 0 Å². The summed E-state index contributed by atoms with van der Waals surface area (Å²) in [5.41, 5.74) is 8.22. The second-order valence-electron chi connectivity index (χ2n) is 4.55. The summed E-state index contributed by atoms with van der Waals surface area (Å²) in [6, 6.07) is 5.62. The van der Waals surface area contributed by atoms with Crippen LogP contribution >= 0.6 is 0 Å². The second kappa shape index (κ2) is 4.75. The highest BCUT2D eigenvalue weighted by Gasteiger charge is 2.30. The predicted molar refractivity (Wildman–Crippen MR) is 67.7 cm³/mol. The smallest absolute Gasteiger partial charge is 0.230 e. The molecule has 1 aromatic rings. The zero-order valence-corrected chi connectivity index (χ0v) is 10.2. The van der Waals surface area contributed by atoms with E-state index in [-0.39, 0.29) is 17.9 Å². The molecule has 3 N–H and O–H groups in total. The molecule has 0 radical (unpaired) electrons. The van der Waals surface area contributed by atoms with Crippen molar-refractivity contribution in [1.29, 1.82) is 0 Å². The second-order valence-corrected chi connectivity index (χ2v) is 4.55. The third-order valence-electron chi connectivity index (χ3n) is 3.18. The van der Waals surface area contributed by atoms with Gasteiger partial charge in [0, 0.05) is 6.61 Å². The summed E-state index contributed by atoms with van der Waals surface area (Å²) in [4.78, 5) is 12.0. The molecule has 0 saturated carbocycles. The largest absolute Gasteiger partial charge is 0.397 e. The summed E-state index contributed by atoms with van der Waals surface area (Å²) in [5, 5.41) is 2.87. The van der Waals surface area contributed by atoms with Crippen LogP contribution in [0.4, 0.5) is 11.4 Å². The number of rotatable bonds is 2. The maximum Gasteiger partial charge on any atom is 0.230 e. The number of hydrogen-bond acceptors (Lipinski definition) is 3. The highest BCUT2D eigenvalue weighted by Crippen LogP contribution is 2.25. The lowest BCUT2D eigenvalue weighted by Gasteiger charge is -2.15. The topological polar surface area (TPSA) is 64.3 Å². The molecular formula is C13H18N2O2. The first-order valence-electron chi connectivity index (χ1n) is 5.86. The summed E-state index contributed by atoms with van der Waals surface area (Å²) in [6.07, 6.45) is 0.764. The molecule has 17 heavy (non-hydrogen) atoms. The van der Waals surface area contributed by atoms with Gasteiger partial charge in [0.2, 0.25) is 5.91 Å². The van der Waals surface area contributed by atoms with Crippen LogP contribution in [0.1, 0.15) is 18.9 Å². The Morgan fingerprint density at radius 3 is 2.88 bits per heavy atom. The standard InChI is InChI=1S/C13H18N2O2/c1-8-3-4-12(11(14)7-8)15-13(16)10-5-6-17-9(10)2/h3-4,7,9-10H,5-6,14H2,1-2H3,(H,15,16). The Morgan fingerprint density at radius 2 is 2.29 bits per heavy atom. The average Bonchev–Trinajstić information content (AvgIpc) is 2.68. The van der Waals surface area contributed by atoms with E-state index >= 15 is 0 Å². The van der Waals surface area contributed by atoms with Gasteiger partial charge in [-0.05, 0) is 38.0 Å². The van der Waals surface area contributed by atoms with Gasteiger partial charge < -0.3 is 15.8 Å². The molecule has 2 unspecified atom stereocenters. The monoisotopic (exact) mass is 234 g/mol. The number of nitrogen functional groups attached to an aromatic ring is 1. The van der Waals surface area contributed by atoms with E-state index in [4.69, 9.17) is 10.5 Å². The number of carbonyl (C=O) groups excluding carboxylic acids is 1. The number of nitrogens with one attached hydrogen (secondary N) is 1. The molecule has 0 spiro atoms. The fraction of sp³-hybridized carbons (Fsp3) is 0.462. The molecule has 1 amide bonds. The van der Waals surface area contributed by atoms with E-state index in [2.05, 4.69) is 5.32 Å². The van der Waals surface area contributed by atoms with Gasteiger partial charge in [-0.25, -0.2) is 0 Å². The molecule has 1 aliphatic rings. The lowest BCUT2D eigenvalue weighted by molar-refractivity contribution is -0.121. The number of anilines is 2. The van der Waals surface area contributed by atoms with Crippen LogP contribution in [0.15, 0.2) is 18.2 Å². The van der Waals surface area contributed by atoms with Crippen LogP contribution in [0.5, 0.6) is 0 Å². The highest BCUT2D eigenvalue weighted by atomic mass is 16.5. The van der Waals surface area contributed by atoms with Crippen LogP contribution < -0.4 is 11.1 Å². The quantitative estimate of drug-likeness (QED) is 0.769. The Kier molecular flexibility index (Phi) is 3.33. The number of amides is 1. The van der Waals surface area contributed by atoms with Crippen molar-refractivity contribution in [1.82, 2.24) is 0 Å². The first kappa shape index (κ1) is 11.9. The van der Waals surface area contributed by atoms with Crippen molar-refractivity contribution in [2.24, 2.45) is 5.92 Å². The van der Waals surface area contributed by atoms with E-state index in [0.717, 1.165) is 12.0 Å². The van der Waals surface area contributed by atoms with E-state index in [1.807, 2.05) is 32.0 Å². The Hall–Kier alpha value is -1.55. The summed E-state index contributed by atoms with van der Waals surface area (Å²) < 4.78 is 5.38. The van der Waals surface area contributed by atoms with Gasteiger partial charge in [0.15, 0.2) is 0 Å². The molecule has 2 atom stereocenters. The molecule has 1 aromatic carbocycles. The van der Waals surface area contributed by atoms with E-state index in [1.165, 1.54) is 0 Å². The van der Waals surface area contributed by atoms with Gasteiger partial charge in [0.05, 0.1) is 23.4 Å². The third kappa shape index (κ3) is 2.58. The van der Waals surface area contributed by atoms with Gasteiger partial charge in [0.25, 0.3) is 0 Å². The fourth-order valence-corrected chi connectivity index (χ4v) is 2.10. The molecule has 1 fully saturated rings. The minimum atomic E-state index is -0.0734. The zero-order chi connectivity index (χ0) is 12.4. The molecule has 2 rings (SSSR count). The van der Waals surface area contributed by atoms with Gasteiger partial charge in [-0.2, -0.15) is 0 Å². The molecule has 4 nitrogen and oxygen atoms in total. The Labute approximate surface area is 101 Å². The Bertz CT molecular complexity index is 431. The van der Waals surface area contributed by atoms with Crippen LogP contribution in [-0.4, -0.2) is 18.6 Å². The van der Waals surface area contributed by atoms with Crippen LogP contribution in [0.25, 0.3) is 0 Å². The van der Waals surface area contributed by atoms with E-state index in [1.54, 1.807) is 0 Å². The minimum Gasteiger partial charge on any atom is -0.397 e. The Balaban J connectivity index is 2.07. The molecule has 0 aliphatic carbocycles. The molecule has 0 bridgehead atoms. The number of benzene rings is 1. The predicted octanol–water partition coefficient (Wildman–Crippen LogP) is 1.94. The first-order chi connectivity index (χ1) is 8.08. The normalized spacial score (nSPS) is 23.6. The van der Waals surface area contributed by atoms with Crippen LogP contribution in [0.2, 0.25) is 0 Å². The number of aryl methyl sites for hydroxylation is 1. The van der Waals surface area contributed by atoms with Crippen molar-refractivity contribution >= 4 is 17.3 Å². The van der Waals surface area contributed by atoms with Gasteiger partial charge >= 0.3 is 0 Å². The SMILES string of the molecule is Cc1ccc(NC(=O)C2CCOC2C)c(N)c1. The molecular weight excluding hydrogens is 216 g/mol. The highest BCUT2D eigenvalue weighted by molar-refractivity contribution is 5.95. The number of hydrogen-bond donors (Lipinski definition) is 2. The summed E-state index contributed by atoms with van der Waals surface area (Å²) >= 11 is 0. The molecule has 92 valence electrons. The van der Waals surface area contributed by atoms with Crippen molar-refractivity contribution in [3.8, 4) is 0 Å². The lowest BCUT2D eigenvalue weighted by atomic mass is 10.0. The van der Waals surface area contributed by atoms with Crippen LogP contribution in [-0.2, 0) is 9.53 Å². The van der Waals surface area contributed by atoms with Gasteiger partial charge in [-0.1, -0.05) is 6.07 Å². The number of ether oxygens (including phenoxy) is 1. The van der Waals surface area contributed by atoms with Gasteiger partial charge in [-0.3, -0.25) is 4.79 Å².